The maximum absolute atomic E-state index is 12.1. The number of nitrogens with one attached hydrogen (secondary N) is 1. The fourth-order valence-electron chi connectivity index (χ4n) is 1.81. The normalized spacial score (nSPS) is 11.7. The Balaban J connectivity index is 2.32. The van der Waals surface area contributed by atoms with Crippen molar-refractivity contribution in [2.24, 2.45) is 0 Å². The van der Waals surface area contributed by atoms with E-state index in [1.807, 2.05) is 0 Å². The molecule has 0 aliphatic heterocycles. The van der Waals surface area contributed by atoms with Gasteiger partial charge in [-0.3, -0.25) is 0 Å². The van der Waals surface area contributed by atoms with Gasteiger partial charge in [0, 0.05) is 13.2 Å². The third-order valence-corrected chi connectivity index (χ3v) is 3.43. The smallest absolute Gasteiger partial charge is 0.405 e. The monoisotopic (exact) mass is 369 g/mol. The molecule has 3 nitrogen and oxygen atoms in total. The van der Waals surface area contributed by atoms with Crippen LogP contribution < -0.4 is 10.1 Å². The molecule has 0 bridgehead atoms. The van der Waals surface area contributed by atoms with E-state index in [1.54, 1.807) is 12.1 Å². The average Bonchev–Trinajstić information content (AvgIpc) is 2.39. The van der Waals surface area contributed by atoms with Gasteiger partial charge in [0.05, 0.1) is 4.47 Å². The summed E-state index contributed by atoms with van der Waals surface area (Å²) >= 11 is 3.07. The second-order valence-corrected chi connectivity index (χ2v) is 5.48. The molecule has 0 spiro atoms. The van der Waals surface area contributed by atoms with Crippen LogP contribution in [0.2, 0.25) is 0 Å². The minimum absolute atomic E-state index is 0.230. The van der Waals surface area contributed by atoms with Crippen LogP contribution >= 0.6 is 15.9 Å². The Morgan fingerprint density at radius 1 is 1.14 bits per heavy atom. The summed E-state index contributed by atoms with van der Waals surface area (Å²) in [6.45, 7) is 1.66. The number of rotatable bonds is 9. The first-order chi connectivity index (χ1) is 9.92. The molecule has 1 rings (SSSR count). The van der Waals surface area contributed by atoms with E-state index in [2.05, 4.69) is 26.0 Å². The summed E-state index contributed by atoms with van der Waals surface area (Å²) in [6.07, 6.45) is -0.788. The highest BCUT2D eigenvalue weighted by Crippen LogP contribution is 2.30. The van der Waals surface area contributed by atoms with E-state index in [0.717, 1.165) is 37.8 Å². The van der Waals surface area contributed by atoms with E-state index < -0.39 is 6.36 Å². The first kappa shape index (κ1) is 18.3. The van der Waals surface area contributed by atoms with E-state index in [0.29, 0.717) is 6.54 Å². The molecule has 0 aromatic heterocycles. The minimum atomic E-state index is -4.68. The molecule has 0 amide bonds. The zero-order chi connectivity index (χ0) is 15.7. The maximum atomic E-state index is 12.1. The zero-order valence-electron chi connectivity index (χ0n) is 11.5. The molecule has 0 radical (unpaired) electrons. The first-order valence-corrected chi connectivity index (χ1v) is 7.57. The van der Waals surface area contributed by atoms with Gasteiger partial charge in [-0.15, -0.1) is 13.2 Å². The highest BCUT2D eigenvalue weighted by atomic mass is 79.9. The lowest BCUT2D eigenvalue weighted by molar-refractivity contribution is -0.274. The molecule has 0 saturated carbocycles. The number of halogens is 4. The van der Waals surface area contributed by atoms with Crippen molar-refractivity contribution in [2.75, 3.05) is 13.2 Å². The lowest BCUT2D eigenvalue weighted by atomic mass is 10.2. The van der Waals surface area contributed by atoms with Crippen LogP contribution in [0.4, 0.5) is 13.2 Å². The molecule has 0 fully saturated rings. The molecule has 2 N–H and O–H groups in total. The van der Waals surface area contributed by atoms with E-state index in [1.165, 1.54) is 6.07 Å². The van der Waals surface area contributed by atoms with Crippen molar-refractivity contribution in [1.82, 2.24) is 5.32 Å². The summed E-state index contributed by atoms with van der Waals surface area (Å²) in [7, 11) is 0. The number of alkyl halides is 3. The van der Waals surface area contributed by atoms with Gasteiger partial charge >= 0.3 is 6.36 Å². The topological polar surface area (TPSA) is 41.5 Å². The van der Waals surface area contributed by atoms with Crippen LogP contribution in [0.1, 0.15) is 31.2 Å². The molecular weight excluding hydrogens is 351 g/mol. The fraction of sp³-hybridized carbons (Fsp3) is 0.571. The number of aliphatic hydroxyl groups is 1. The van der Waals surface area contributed by atoms with E-state index >= 15 is 0 Å². The Bertz CT molecular complexity index is 427. The lowest BCUT2D eigenvalue weighted by Crippen LogP contribution is -2.18. The van der Waals surface area contributed by atoms with Gasteiger partial charge in [0.2, 0.25) is 0 Å². The second kappa shape index (κ2) is 9.27. The van der Waals surface area contributed by atoms with Crippen LogP contribution in [-0.2, 0) is 6.54 Å². The van der Waals surface area contributed by atoms with Crippen LogP contribution in [0.15, 0.2) is 22.7 Å². The van der Waals surface area contributed by atoms with Crippen LogP contribution in [0, 0.1) is 0 Å². The van der Waals surface area contributed by atoms with Crippen molar-refractivity contribution in [1.29, 1.82) is 0 Å². The van der Waals surface area contributed by atoms with Crippen molar-refractivity contribution in [3.63, 3.8) is 0 Å². The summed E-state index contributed by atoms with van der Waals surface area (Å²) in [5.74, 6) is -0.241. The Hall–Kier alpha value is -0.790. The molecule has 7 heteroatoms. The van der Waals surface area contributed by atoms with Crippen LogP contribution in [0.25, 0.3) is 0 Å². The largest absolute Gasteiger partial charge is 0.573 e. The van der Waals surface area contributed by atoms with Gasteiger partial charge in [-0.05, 0) is 53.0 Å². The SMILES string of the molecule is OCCCCCCNCc1ccc(OC(F)(F)F)c(Br)c1. The standard InChI is InChI=1S/C14H19BrF3NO2/c15-12-9-11(5-6-13(12)21-14(16,17)18)10-19-7-3-1-2-4-8-20/h5-6,9,19-20H,1-4,7-8,10H2. The van der Waals surface area contributed by atoms with E-state index in [-0.39, 0.29) is 16.8 Å². The maximum Gasteiger partial charge on any atom is 0.573 e. The van der Waals surface area contributed by atoms with E-state index in [9.17, 15) is 13.2 Å². The van der Waals surface area contributed by atoms with Gasteiger partial charge in [0.15, 0.2) is 0 Å². The number of unbranched alkanes of at least 4 members (excludes halogenated alkanes) is 3. The van der Waals surface area contributed by atoms with Gasteiger partial charge in [-0.1, -0.05) is 18.9 Å². The summed E-state index contributed by atoms with van der Waals surface area (Å²) in [6, 6.07) is 4.51. The first-order valence-electron chi connectivity index (χ1n) is 6.78. The second-order valence-electron chi connectivity index (χ2n) is 4.63. The van der Waals surface area contributed by atoms with Crippen molar-refractivity contribution < 1.29 is 23.0 Å². The van der Waals surface area contributed by atoms with Crippen molar-refractivity contribution in [3.05, 3.63) is 28.2 Å². The molecule has 0 atom stereocenters. The molecule has 0 aliphatic carbocycles. The fourth-order valence-corrected chi connectivity index (χ4v) is 2.32. The van der Waals surface area contributed by atoms with Gasteiger partial charge in [-0.25, -0.2) is 0 Å². The lowest BCUT2D eigenvalue weighted by Gasteiger charge is -2.12. The Kier molecular flexibility index (Phi) is 8.06. The predicted octanol–water partition coefficient (Wildman–Crippen LogP) is 3.99. The molecule has 0 heterocycles. The highest BCUT2D eigenvalue weighted by Gasteiger charge is 2.31. The molecule has 0 unspecified atom stereocenters. The van der Waals surface area contributed by atoms with Crippen molar-refractivity contribution in [2.45, 2.75) is 38.6 Å². The number of benzene rings is 1. The molecule has 120 valence electrons. The summed E-state index contributed by atoms with van der Waals surface area (Å²) in [4.78, 5) is 0. The predicted molar refractivity (Wildman–Crippen MR) is 78.1 cm³/mol. The van der Waals surface area contributed by atoms with Crippen LogP contribution in [-0.4, -0.2) is 24.6 Å². The Labute approximate surface area is 130 Å². The van der Waals surface area contributed by atoms with Crippen molar-refractivity contribution in [3.8, 4) is 5.75 Å². The zero-order valence-corrected chi connectivity index (χ0v) is 13.1. The van der Waals surface area contributed by atoms with Crippen molar-refractivity contribution >= 4 is 15.9 Å². The highest BCUT2D eigenvalue weighted by molar-refractivity contribution is 9.10. The number of hydrogen-bond acceptors (Lipinski definition) is 3. The molecule has 0 aliphatic rings. The third-order valence-electron chi connectivity index (χ3n) is 2.81. The molecular formula is C14H19BrF3NO2. The summed E-state index contributed by atoms with van der Waals surface area (Å²) in [5, 5.41) is 11.9. The van der Waals surface area contributed by atoms with Gasteiger partial charge in [-0.2, -0.15) is 0 Å². The number of hydrogen-bond donors (Lipinski definition) is 2. The van der Waals surface area contributed by atoms with Gasteiger partial charge in [0.25, 0.3) is 0 Å². The summed E-state index contributed by atoms with van der Waals surface area (Å²) in [5.41, 5.74) is 0.881. The molecule has 1 aromatic rings. The number of ether oxygens (including phenoxy) is 1. The Morgan fingerprint density at radius 2 is 1.86 bits per heavy atom. The minimum Gasteiger partial charge on any atom is -0.405 e. The quantitative estimate of drug-likeness (QED) is 0.646. The summed E-state index contributed by atoms with van der Waals surface area (Å²) < 4.78 is 40.5. The molecule has 1 aromatic carbocycles. The average molecular weight is 370 g/mol. The molecule has 21 heavy (non-hydrogen) atoms. The van der Waals surface area contributed by atoms with Crippen LogP contribution in [0.3, 0.4) is 0 Å². The molecule has 0 saturated heterocycles. The van der Waals surface area contributed by atoms with Gasteiger partial charge in [0.1, 0.15) is 5.75 Å². The van der Waals surface area contributed by atoms with E-state index in [4.69, 9.17) is 5.11 Å². The van der Waals surface area contributed by atoms with Crippen LogP contribution in [0.5, 0.6) is 5.75 Å². The Morgan fingerprint density at radius 3 is 2.48 bits per heavy atom. The third kappa shape index (κ3) is 8.28. The van der Waals surface area contributed by atoms with Gasteiger partial charge < -0.3 is 15.2 Å². The number of aliphatic hydroxyl groups excluding tert-OH is 1.